The molecular formula is C17H17BrO4. The molecule has 5 heteroatoms. The van der Waals surface area contributed by atoms with Gasteiger partial charge in [0.1, 0.15) is 0 Å². The van der Waals surface area contributed by atoms with Crippen molar-refractivity contribution in [2.75, 3.05) is 0 Å². The highest BCUT2D eigenvalue weighted by atomic mass is 79.9. The first kappa shape index (κ1) is 15.3. The smallest absolute Gasteiger partial charge is 0.342 e. The second-order valence-corrected chi connectivity index (χ2v) is 6.82. The number of benzene rings is 1. The number of halogens is 1. The number of carbonyl (C=O) groups excluding carboxylic acids is 2. The summed E-state index contributed by atoms with van der Waals surface area (Å²) in [6.07, 6.45) is 2.21. The average molecular weight is 365 g/mol. The minimum absolute atomic E-state index is 0.328. The van der Waals surface area contributed by atoms with Crippen molar-refractivity contribution in [3.63, 3.8) is 0 Å². The summed E-state index contributed by atoms with van der Waals surface area (Å²) < 4.78 is 11.9. The van der Waals surface area contributed by atoms with Gasteiger partial charge in [-0.05, 0) is 53.7 Å². The van der Waals surface area contributed by atoms with Crippen LogP contribution < -0.4 is 0 Å². The van der Waals surface area contributed by atoms with Crippen LogP contribution in [0.3, 0.4) is 0 Å². The Morgan fingerprint density at radius 3 is 2.86 bits per heavy atom. The molecular weight excluding hydrogens is 348 g/mol. The van der Waals surface area contributed by atoms with Crippen LogP contribution in [0.2, 0.25) is 0 Å². The number of rotatable bonds is 2. The fraction of sp³-hybridized carbons (Fsp3) is 0.412. The van der Waals surface area contributed by atoms with Gasteiger partial charge in [-0.1, -0.05) is 19.1 Å². The summed E-state index contributed by atoms with van der Waals surface area (Å²) >= 11 is 3.35. The molecule has 0 radical (unpaired) electrons. The first-order valence-corrected chi connectivity index (χ1v) is 8.14. The summed E-state index contributed by atoms with van der Waals surface area (Å²) in [5, 5.41) is 0. The number of ether oxygens (including phenoxy) is 2. The molecule has 0 amide bonds. The molecule has 3 rings (SSSR count). The number of carbonyl (C=O) groups is 2. The topological polar surface area (TPSA) is 52.6 Å². The maximum atomic E-state index is 12.5. The Bertz CT molecular complexity index is 679. The number of hydrogen-bond donors (Lipinski definition) is 0. The molecule has 1 aliphatic carbocycles. The molecule has 0 spiro atoms. The van der Waals surface area contributed by atoms with Crippen molar-refractivity contribution in [2.24, 2.45) is 5.92 Å². The molecule has 1 heterocycles. The first-order chi connectivity index (χ1) is 10.4. The zero-order chi connectivity index (χ0) is 15.9. The third kappa shape index (κ3) is 2.47. The normalized spacial score (nSPS) is 27.4. The molecule has 2 atom stereocenters. The molecule has 22 heavy (non-hydrogen) atoms. The summed E-state index contributed by atoms with van der Waals surface area (Å²) in [6, 6.07) is 7.06. The minimum atomic E-state index is -1.22. The molecule has 0 aromatic heterocycles. The van der Waals surface area contributed by atoms with E-state index < -0.39 is 11.8 Å². The molecule has 2 aliphatic rings. The van der Waals surface area contributed by atoms with E-state index in [0.717, 1.165) is 18.4 Å². The number of hydrogen-bond acceptors (Lipinski definition) is 4. The highest BCUT2D eigenvalue weighted by molar-refractivity contribution is 9.10. The predicted octanol–water partition coefficient (Wildman–Crippen LogP) is 4.00. The fourth-order valence-corrected chi connectivity index (χ4v) is 3.59. The lowest BCUT2D eigenvalue weighted by Gasteiger charge is -2.36. The zero-order valence-corrected chi connectivity index (χ0v) is 14.1. The Hall–Kier alpha value is -1.62. The highest BCUT2D eigenvalue weighted by Gasteiger charge is 2.52. The van der Waals surface area contributed by atoms with E-state index in [-0.39, 0.29) is 5.97 Å². The van der Waals surface area contributed by atoms with E-state index in [4.69, 9.17) is 9.47 Å². The Kier molecular flexibility index (Phi) is 3.85. The summed E-state index contributed by atoms with van der Waals surface area (Å²) in [5.41, 5.74) is 1.82. The molecule has 0 N–H and O–H groups in total. The SMILES string of the molecule is CC1=C2CC[C@@H](C)C[C@@]2(OC(=O)c2ccccc2Br)OC1=O. The molecule has 116 valence electrons. The quantitative estimate of drug-likeness (QED) is 0.744. The van der Waals surface area contributed by atoms with Crippen LogP contribution in [-0.2, 0) is 14.3 Å². The van der Waals surface area contributed by atoms with E-state index >= 15 is 0 Å². The predicted molar refractivity (Wildman–Crippen MR) is 84.1 cm³/mol. The minimum Gasteiger partial charge on any atom is -0.415 e. The Morgan fingerprint density at radius 2 is 2.14 bits per heavy atom. The van der Waals surface area contributed by atoms with Crippen LogP contribution in [0.25, 0.3) is 0 Å². The van der Waals surface area contributed by atoms with Gasteiger partial charge in [-0.25, -0.2) is 9.59 Å². The Labute approximate surface area is 137 Å². The van der Waals surface area contributed by atoms with Gasteiger partial charge in [0.05, 0.1) is 5.56 Å². The van der Waals surface area contributed by atoms with E-state index in [1.165, 1.54) is 0 Å². The lowest BCUT2D eigenvalue weighted by molar-refractivity contribution is -0.191. The van der Waals surface area contributed by atoms with Crippen molar-refractivity contribution in [3.8, 4) is 0 Å². The molecule has 1 aromatic rings. The third-order valence-corrected chi connectivity index (χ3v) is 5.02. The Balaban J connectivity index is 1.93. The van der Waals surface area contributed by atoms with Gasteiger partial charge in [-0.15, -0.1) is 0 Å². The second kappa shape index (κ2) is 5.54. The van der Waals surface area contributed by atoms with Gasteiger partial charge in [0, 0.05) is 22.0 Å². The Morgan fingerprint density at radius 1 is 1.41 bits per heavy atom. The van der Waals surface area contributed by atoms with Gasteiger partial charge in [0.2, 0.25) is 0 Å². The summed E-state index contributed by atoms with van der Waals surface area (Å²) in [5.74, 6) is -1.76. The zero-order valence-electron chi connectivity index (χ0n) is 12.5. The molecule has 0 bridgehead atoms. The summed E-state index contributed by atoms with van der Waals surface area (Å²) in [6.45, 7) is 3.81. The van der Waals surface area contributed by atoms with Gasteiger partial charge in [0.15, 0.2) is 0 Å². The monoisotopic (exact) mass is 364 g/mol. The van der Waals surface area contributed by atoms with Crippen LogP contribution in [0.1, 0.15) is 43.5 Å². The van der Waals surface area contributed by atoms with Gasteiger partial charge >= 0.3 is 11.9 Å². The number of fused-ring (bicyclic) bond motifs is 1. The van der Waals surface area contributed by atoms with Gasteiger partial charge in [-0.3, -0.25) is 0 Å². The third-order valence-electron chi connectivity index (χ3n) is 4.33. The van der Waals surface area contributed by atoms with Crippen molar-refractivity contribution >= 4 is 27.9 Å². The van der Waals surface area contributed by atoms with Crippen molar-refractivity contribution in [1.29, 1.82) is 0 Å². The highest BCUT2D eigenvalue weighted by Crippen LogP contribution is 2.46. The van der Waals surface area contributed by atoms with E-state index in [0.29, 0.717) is 27.9 Å². The molecule has 0 unspecified atom stereocenters. The maximum absolute atomic E-state index is 12.5. The second-order valence-electron chi connectivity index (χ2n) is 5.96. The van der Waals surface area contributed by atoms with E-state index in [1.807, 2.05) is 6.07 Å². The van der Waals surface area contributed by atoms with Gasteiger partial charge in [0.25, 0.3) is 5.79 Å². The molecule has 1 aromatic carbocycles. The standard InChI is InChI=1S/C17H17BrO4/c1-10-7-8-13-11(2)15(19)21-17(13,9-10)22-16(20)12-5-3-4-6-14(12)18/h3-6,10H,7-9H2,1-2H3/t10-,17+/m1/s1. The number of esters is 2. The van der Waals surface area contributed by atoms with Crippen LogP contribution in [0.15, 0.2) is 39.9 Å². The lowest BCUT2D eigenvalue weighted by atomic mass is 9.81. The van der Waals surface area contributed by atoms with Crippen LogP contribution >= 0.6 is 15.9 Å². The maximum Gasteiger partial charge on any atom is 0.342 e. The molecule has 0 saturated heterocycles. The van der Waals surface area contributed by atoms with Gasteiger partial charge in [-0.2, -0.15) is 0 Å². The van der Waals surface area contributed by atoms with E-state index in [2.05, 4.69) is 22.9 Å². The van der Waals surface area contributed by atoms with E-state index in [9.17, 15) is 9.59 Å². The van der Waals surface area contributed by atoms with Crippen molar-refractivity contribution in [2.45, 2.75) is 38.9 Å². The van der Waals surface area contributed by atoms with Crippen molar-refractivity contribution in [1.82, 2.24) is 0 Å². The lowest BCUT2D eigenvalue weighted by Crippen LogP contribution is -2.42. The molecule has 1 saturated carbocycles. The summed E-state index contributed by atoms with van der Waals surface area (Å²) in [7, 11) is 0. The fourth-order valence-electron chi connectivity index (χ4n) is 3.15. The molecule has 4 nitrogen and oxygen atoms in total. The molecule has 1 fully saturated rings. The van der Waals surface area contributed by atoms with Crippen LogP contribution in [0.5, 0.6) is 0 Å². The largest absolute Gasteiger partial charge is 0.415 e. The summed E-state index contributed by atoms with van der Waals surface area (Å²) in [4.78, 5) is 24.5. The first-order valence-electron chi connectivity index (χ1n) is 7.34. The van der Waals surface area contributed by atoms with Crippen molar-refractivity contribution < 1.29 is 19.1 Å². The van der Waals surface area contributed by atoms with Crippen LogP contribution in [0, 0.1) is 5.92 Å². The molecule has 1 aliphatic heterocycles. The average Bonchev–Trinajstić information content (AvgIpc) is 2.69. The van der Waals surface area contributed by atoms with Crippen LogP contribution in [0.4, 0.5) is 0 Å². The van der Waals surface area contributed by atoms with Crippen LogP contribution in [-0.4, -0.2) is 17.7 Å². The van der Waals surface area contributed by atoms with Crippen molar-refractivity contribution in [3.05, 3.63) is 45.4 Å². The van der Waals surface area contributed by atoms with E-state index in [1.54, 1.807) is 25.1 Å². The van der Waals surface area contributed by atoms with Gasteiger partial charge < -0.3 is 9.47 Å².